The highest BCUT2D eigenvalue weighted by molar-refractivity contribution is 6.30. The standard InChI is InChI=1S/C24H24ClN3O5/c1-31-18-5-6-19-20(14-28(23(29)30)21(19)12-18)24(15-26,27-7-9-33-10-8-27)13-16-3-4-17(25)11-22(16)32-2/h3-6,11-12,14H,7-10,13H2,1-2H3,(H,29,30). The number of aromatic nitrogens is 1. The van der Waals surface area contributed by atoms with Crippen LogP contribution in [0, 0.1) is 11.3 Å². The highest BCUT2D eigenvalue weighted by Crippen LogP contribution is 2.41. The molecule has 0 saturated carbocycles. The molecule has 2 heterocycles. The monoisotopic (exact) mass is 469 g/mol. The van der Waals surface area contributed by atoms with Gasteiger partial charge in [-0.2, -0.15) is 5.26 Å². The molecule has 0 aliphatic carbocycles. The van der Waals surface area contributed by atoms with Gasteiger partial charge in [-0.15, -0.1) is 0 Å². The average molecular weight is 470 g/mol. The summed E-state index contributed by atoms with van der Waals surface area (Å²) in [7, 11) is 3.08. The number of nitrogens with zero attached hydrogens (tertiary/aromatic N) is 3. The lowest BCUT2D eigenvalue weighted by atomic mass is 9.82. The lowest BCUT2D eigenvalue weighted by Gasteiger charge is -2.41. The number of carboxylic acid groups (broad SMARTS) is 1. The second-order valence-electron chi connectivity index (χ2n) is 7.78. The lowest BCUT2D eigenvalue weighted by molar-refractivity contribution is -0.00490. The molecule has 0 radical (unpaired) electrons. The third-order valence-electron chi connectivity index (χ3n) is 6.10. The number of rotatable bonds is 6. The largest absolute Gasteiger partial charge is 0.497 e. The molecule has 0 spiro atoms. The van der Waals surface area contributed by atoms with E-state index in [1.54, 1.807) is 37.4 Å². The summed E-state index contributed by atoms with van der Waals surface area (Å²) < 4.78 is 17.5. The van der Waals surface area contributed by atoms with Crippen molar-refractivity contribution in [2.24, 2.45) is 0 Å². The van der Waals surface area contributed by atoms with Gasteiger partial charge in [0.2, 0.25) is 0 Å². The molecule has 8 nitrogen and oxygen atoms in total. The number of ether oxygens (including phenoxy) is 3. The Labute approximate surface area is 196 Å². The smallest absolute Gasteiger partial charge is 0.416 e. The number of halogens is 1. The zero-order valence-electron chi connectivity index (χ0n) is 18.4. The van der Waals surface area contributed by atoms with Crippen LogP contribution in [0.15, 0.2) is 42.6 Å². The van der Waals surface area contributed by atoms with Gasteiger partial charge in [0, 0.05) is 47.7 Å². The summed E-state index contributed by atoms with van der Waals surface area (Å²) in [5, 5.41) is 21.8. The topological polar surface area (TPSA) is 97.0 Å². The van der Waals surface area contributed by atoms with Crippen molar-refractivity contribution in [3.63, 3.8) is 0 Å². The van der Waals surface area contributed by atoms with Crippen LogP contribution in [0.5, 0.6) is 11.5 Å². The Hall–Kier alpha value is -3.25. The fourth-order valence-electron chi connectivity index (χ4n) is 4.45. The minimum Gasteiger partial charge on any atom is -0.497 e. The third kappa shape index (κ3) is 4.11. The fourth-order valence-corrected chi connectivity index (χ4v) is 4.62. The summed E-state index contributed by atoms with van der Waals surface area (Å²) in [4.78, 5) is 14.1. The molecule has 1 aliphatic rings. The molecule has 1 N–H and O–H groups in total. The maximum Gasteiger partial charge on any atom is 0.416 e. The van der Waals surface area contributed by atoms with Crippen LogP contribution < -0.4 is 9.47 Å². The zero-order chi connectivity index (χ0) is 23.6. The molecule has 1 atom stereocenters. The number of hydrogen-bond acceptors (Lipinski definition) is 6. The van der Waals surface area contributed by atoms with Crippen molar-refractivity contribution in [1.29, 1.82) is 5.26 Å². The van der Waals surface area contributed by atoms with Gasteiger partial charge < -0.3 is 19.3 Å². The number of nitriles is 1. The van der Waals surface area contributed by atoms with E-state index in [-0.39, 0.29) is 6.42 Å². The Morgan fingerprint density at radius 3 is 2.61 bits per heavy atom. The molecule has 1 saturated heterocycles. The van der Waals surface area contributed by atoms with Crippen LogP contribution in [0.2, 0.25) is 5.02 Å². The molecular formula is C24H24ClN3O5. The summed E-state index contributed by atoms with van der Waals surface area (Å²) in [5.74, 6) is 1.10. The average Bonchev–Trinajstić information content (AvgIpc) is 3.23. The Bertz CT molecular complexity index is 1230. The van der Waals surface area contributed by atoms with E-state index < -0.39 is 11.6 Å². The van der Waals surface area contributed by atoms with Crippen LogP contribution in [0.25, 0.3) is 10.9 Å². The fraction of sp³-hybridized carbons (Fsp3) is 0.333. The van der Waals surface area contributed by atoms with Crippen LogP contribution in [0.1, 0.15) is 11.1 Å². The van der Waals surface area contributed by atoms with Gasteiger partial charge in [-0.05, 0) is 29.8 Å². The van der Waals surface area contributed by atoms with Gasteiger partial charge in [0.05, 0.1) is 39.0 Å². The van der Waals surface area contributed by atoms with Crippen LogP contribution in [0.3, 0.4) is 0 Å². The van der Waals surface area contributed by atoms with Crippen molar-refractivity contribution in [3.05, 3.63) is 58.7 Å². The summed E-state index contributed by atoms with van der Waals surface area (Å²) in [6.45, 7) is 2.01. The zero-order valence-corrected chi connectivity index (χ0v) is 19.1. The van der Waals surface area contributed by atoms with E-state index in [4.69, 9.17) is 25.8 Å². The third-order valence-corrected chi connectivity index (χ3v) is 6.33. The summed E-state index contributed by atoms with van der Waals surface area (Å²) in [5.41, 5.74) is 0.676. The van der Waals surface area contributed by atoms with Gasteiger partial charge in [-0.3, -0.25) is 9.47 Å². The van der Waals surface area contributed by atoms with Gasteiger partial charge in [0.15, 0.2) is 0 Å². The minimum absolute atomic E-state index is 0.272. The van der Waals surface area contributed by atoms with Crippen LogP contribution in [-0.2, 0) is 16.7 Å². The molecule has 9 heteroatoms. The highest BCUT2D eigenvalue weighted by atomic mass is 35.5. The molecule has 172 valence electrons. The predicted octanol–water partition coefficient (Wildman–Crippen LogP) is 4.13. The first-order valence-corrected chi connectivity index (χ1v) is 10.8. The van der Waals surface area contributed by atoms with Crippen molar-refractivity contribution in [1.82, 2.24) is 9.47 Å². The van der Waals surface area contributed by atoms with Crippen molar-refractivity contribution in [2.75, 3.05) is 40.5 Å². The SMILES string of the molecule is COc1ccc2c(C(C#N)(Cc3ccc(Cl)cc3OC)N3CCOCC3)cn(C(=O)O)c2c1. The second kappa shape index (κ2) is 9.32. The molecule has 2 aromatic carbocycles. The maximum atomic E-state index is 12.1. The number of fused-ring (bicyclic) bond motifs is 1. The van der Waals surface area contributed by atoms with E-state index in [1.807, 2.05) is 6.07 Å². The Morgan fingerprint density at radius 1 is 1.21 bits per heavy atom. The molecule has 33 heavy (non-hydrogen) atoms. The van der Waals surface area contributed by atoms with Gasteiger partial charge in [0.1, 0.15) is 17.0 Å². The molecule has 1 fully saturated rings. The summed E-state index contributed by atoms with van der Waals surface area (Å²) in [6.07, 6.45) is 0.666. The van der Waals surface area contributed by atoms with Gasteiger partial charge in [-0.1, -0.05) is 17.7 Å². The van der Waals surface area contributed by atoms with Gasteiger partial charge >= 0.3 is 6.09 Å². The number of benzene rings is 2. The summed E-state index contributed by atoms with van der Waals surface area (Å²) >= 11 is 6.16. The second-order valence-corrected chi connectivity index (χ2v) is 8.22. The molecule has 1 aromatic heterocycles. The van der Waals surface area contributed by atoms with Gasteiger partial charge in [0.25, 0.3) is 0 Å². The summed E-state index contributed by atoms with van der Waals surface area (Å²) in [6, 6.07) is 13.1. The number of hydrogen-bond donors (Lipinski definition) is 1. The number of methoxy groups -OCH3 is 2. The highest BCUT2D eigenvalue weighted by Gasteiger charge is 2.43. The molecule has 1 unspecified atom stereocenters. The molecule has 1 aliphatic heterocycles. The van der Waals surface area contributed by atoms with E-state index in [2.05, 4.69) is 11.0 Å². The first-order chi connectivity index (χ1) is 15.9. The Balaban J connectivity index is 1.97. The number of morpholine rings is 1. The van der Waals surface area contributed by atoms with Gasteiger partial charge in [-0.25, -0.2) is 4.79 Å². The van der Waals surface area contributed by atoms with Crippen molar-refractivity contribution in [2.45, 2.75) is 12.0 Å². The van der Waals surface area contributed by atoms with E-state index in [1.165, 1.54) is 13.3 Å². The van der Waals surface area contributed by atoms with E-state index >= 15 is 0 Å². The van der Waals surface area contributed by atoms with Crippen molar-refractivity contribution < 1.29 is 24.1 Å². The Morgan fingerprint density at radius 2 is 1.97 bits per heavy atom. The first-order valence-electron chi connectivity index (χ1n) is 10.4. The number of carbonyl (C=O) groups is 1. The van der Waals surface area contributed by atoms with Crippen molar-refractivity contribution in [3.8, 4) is 17.6 Å². The van der Waals surface area contributed by atoms with Crippen molar-refractivity contribution >= 4 is 28.6 Å². The van der Waals surface area contributed by atoms with Crippen LogP contribution >= 0.6 is 11.6 Å². The van der Waals surface area contributed by atoms with E-state index in [0.717, 1.165) is 10.1 Å². The molecule has 4 rings (SSSR count). The first kappa shape index (κ1) is 22.9. The van der Waals surface area contributed by atoms with Crippen LogP contribution in [0.4, 0.5) is 4.79 Å². The minimum atomic E-state index is -1.17. The Kier molecular flexibility index (Phi) is 6.47. The van der Waals surface area contributed by atoms with E-state index in [9.17, 15) is 15.2 Å². The van der Waals surface area contributed by atoms with E-state index in [0.29, 0.717) is 59.3 Å². The maximum absolute atomic E-state index is 12.1. The molecule has 3 aromatic rings. The quantitative estimate of drug-likeness (QED) is 0.579. The lowest BCUT2D eigenvalue weighted by Crippen LogP contribution is -2.52. The molecular weight excluding hydrogens is 446 g/mol. The normalized spacial score (nSPS) is 16.2. The molecule has 0 bridgehead atoms. The van der Waals surface area contributed by atoms with Crippen LogP contribution in [-0.4, -0.2) is 61.2 Å². The molecule has 0 amide bonds. The predicted molar refractivity (Wildman–Crippen MR) is 123 cm³/mol.